The van der Waals surface area contributed by atoms with Gasteiger partial charge in [0.2, 0.25) is 0 Å². The molecule has 0 unspecified atom stereocenters. The Hall–Kier alpha value is -2.90. The Morgan fingerprint density at radius 1 is 1.16 bits per heavy atom. The average molecular weight is 465 g/mol. The number of para-hydroxylation sites is 2. The van der Waals surface area contributed by atoms with Crippen molar-refractivity contribution in [1.82, 2.24) is 10.2 Å². The van der Waals surface area contributed by atoms with Gasteiger partial charge in [0.1, 0.15) is 6.61 Å². The summed E-state index contributed by atoms with van der Waals surface area (Å²) in [5.74, 6) is 0.422. The first kappa shape index (κ1) is 22.8. The average Bonchev–Trinajstić information content (AvgIpc) is 2.75. The van der Waals surface area contributed by atoms with E-state index >= 15 is 0 Å². The first-order valence-corrected chi connectivity index (χ1v) is 10.3. The summed E-state index contributed by atoms with van der Waals surface area (Å²) < 4.78 is 16.5. The molecule has 2 amide bonds. The van der Waals surface area contributed by atoms with Crippen molar-refractivity contribution in [3.8, 4) is 11.5 Å². The molecule has 1 aliphatic heterocycles. The number of ether oxygens (including phenoxy) is 3. The predicted octanol–water partition coefficient (Wildman–Crippen LogP) is 4.59. The van der Waals surface area contributed by atoms with Crippen molar-refractivity contribution >= 4 is 35.2 Å². The number of carbonyl (C=O) groups is 2. The highest BCUT2D eigenvalue weighted by Crippen LogP contribution is 2.36. The first-order valence-electron chi connectivity index (χ1n) is 9.52. The number of halogens is 2. The Morgan fingerprint density at radius 2 is 1.87 bits per heavy atom. The molecule has 0 bridgehead atoms. The number of carbonyl (C=O) groups excluding carboxylic acids is 2. The van der Waals surface area contributed by atoms with Crippen LogP contribution in [0.15, 0.2) is 53.7 Å². The minimum absolute atomic E-state index is 0.0693. The maximum absolute atomic E-state index is 12.9. The summed E-state index contributed by atoms with van der Waals surface area (Å²) in [5, 5.41) is 3.56. The van der Waals surface area contributed by atoms with E-state index in [9.17, 15) is 9.59 Å². The smallest absolute Gasteiger partial charge is 0.338 e. The Labute approximate surface area is 190 Å². The van der Waals surface area contributed by atoms with E-state index in [1.165, 1.54) is 12.0 Å². The van der Waals surface area contributed by atoms with Gasteiger partial charge in [0, 0.05) is 17.1 Å². The normalized spacial score (nSPS) is 16.1. The van der Waals surface area contributed by atoms with Gasteiger partial charge in [0.25, 0.3) is 0 Å². The summed E-state index contributed by atoms with van der Waals surface area (Å²) in [6.07, 6.45) is 0. The lowest BCUT2D eigenvalue weighted by Gasteiger charge is -2.34. The molecule has 0 radical (unpaired) electrons. The molecule has 0 saturated heterocycles. The molecule has 1 N–H and O–H groups in total. The highest BCUT2D eigenvalue weighted by atomic mass is 35.5. The van der Waals surface area contributed by atoms with Gasteiger partial charge in [0.05, 0.1) is 31.0 Å². The number of esters is 1. The molecular formula is C22H22Cl2N2O5. The van der Waals surface area contributed by atoms with Crippen LogP contribution >= 0.6 is 23.2 Å². The third kappa shape index (κ3) is 4.89. The number of hydrogen-bond donors (Lipinski definition) is 1. The van der Waals surface area contributed by atoms with E-state index in [1.54, 1.807) is 50.4 Å². The van der Waals surface area contributed by atoms with Gasteiger partial charge in [0.15, 0.2) is 11.5 Å². The standard InChI is InChI=1S/C22H22Cl2N2O5/c1-4-30-21(27)19-16(12-31-18-8-6-5-7-17(18)29-3)26(2)22(28)25-20(19)14-10-9-13(23)11-15(14)24/h5-11,20H,4,12H2,1-3H3,(H,25,28)/t20-/m0/s1. The number of nitrogens with one attached hydrogen (secondary N) is 1. The Kier molecular flexibility index (Phi) is 7.30. The molecule has 1 atom stereocenters. The van der Waals surface area contributed by atoms with Crippen LogP contribution in [0.2, 0.25) is 10.0 Å². The van der Waals surface area contributed by atoms with E-state index < -0.39 is 18.0 Å². The topological polar surface area (TPSA) is 77.1 Å². The number of methoxy groups -OCH3 is 1. The van der Waals surface area contributed by atoms with Gasteiger partial charge >= 0.3 is 12.0 Å². The number of amides is 2. The van der Waals surface area contributed by atoms with Crippen molar-refractivity contribution in [2.75, 3.05) is 27.4 Å². The number of likely N-dealkylation sites (N-methyl/N-ethyl adjacent to an activating group) is 1. The van der Waals surface area contributed by atoms with E-state index in [0.717, 1.165) is 0 Å². The molecule has 0 aliphatic carbocycles. The fourth-order valence-corrected chi connectivity index (χ4v) is 3.75. The zero-order valence-electron chi connectivity index (χ0n) is 17.3. The predicted molar refractivity (Wildman–Crippen MR) is 118 cm³/mol. The molecule has 3 rings (SSSR count). The summed E-state index contributed by atoms with van der Waals surface area (Å²) in [5.41, 5.74) is 1.09. The van der Waals surface area contributed by atoms with Crippen LogP contribution in [0.25, 0.3) is 0 Å². The van der Waals surface area contributed by atoms with Gasteiger partial charge in [-0.05, 0) is 36.8 Å². The van der Waals surface area contributed by atoms with Crippen LogP contribution < -0.4 is 14.8 Å². The SMILES string of the molecule is CCOC(=O)C1=C(COc2ccccc2OC)N(C)C(=O)N[C@H]1c1ccc(Cl)cc1Cl. The minimum Gasteiger partial charge on any atom is -0.493 e. The molecule has 7 nitrogen and oxygen atoms in total. The van der Waals surface area contributed by atoms with Gasteiger partial charge in [-0.15, -0.1) is 0 Å². The summed E-state index contributed by atoms with van der Waals surface area (Å²) in [4.78, 5) is 27.0. The Balaban J connectivity index is 2.07. The van der Waals surface area contributed by atoms with Crippen molar-refractivity contribution in [1.29, 1.82) is 0 Å². The van der Waals surface area contributed by atoms with Crippen LogP contribution in [-0.2, 0) is 9.53 Å². The van der Waals surface area contributed by atoms with Crippen molar-refractivity contribution in [2.45, 2.75) is 13.0 Å². The number of nitrogens with zero attached hydrogens (tertiary/aromatic N) is 1. The molecule has 164 valence electrons. The first-order chi connectivity index (χ1) is 14.9. The molecule has 1 aliphatic rings. The van der Waals surface area contributed by atoms with Crippen molar-refractivity contribution in [2.24, 2.45) is 0 Å². The van der Waals surface area contributed by atoms with Crippen molar-refractivity contribution in [3.05, 3.63) is 69.3 Å². The maximum Gasteiger partial charge on any atom is 0.338 e. The molecule has 1 heterocycles. The van der Waals surface area contributed by atoms with E-state index in [-0.39, 0.29) is 18.8 Å². The lowest BCUT2D eigenvalue weighted by molar-refractivity contribution is -0.139. The van der Waals surface area contributed by atoms with E-state index in [0.29, 0.717) is 32.8 Å². The second-order valence-electron chi connectivity index (χ2n) is 6.63. The zero-order chi connectivity index (χ0) is 22.5. The third-order valence-electron chi connectivity index (χ3n) is 4.78. The van der Waals surface area contributed by atoms with Crippen LogP contribution in [0.3, 0.4) is 0 Å². The summed E-state index contributed by atoms with van der Waals surface area (Å²) in [6.45, 7) is 1.81. The second-order valence-corrected chi connectivity index (χ2v) is 7.47. The van der Waals surface area contributed by atoms with Crippen LogP contribution in [-0.4, -0.2) is 44.3 Å². The van der Waals surface area contributed by atoms with Gasteiger partial charge < -0.3 is 19.5 Å². The fourth-order valence-electron chi connectivity index (χ4n) is 3.23. The quantitative estimate of drug-likeness (QED) is 0.606. The third-order valence-corrected chi connectivity index (χ3v) is 5.34. The molecule has 2 aromatic rings. The van der Waals surface area contributed by atoms with Crippen molar-refractivity contribution in [3.63, 3.8) is 0 Å². The maximum atomic E-state index is 12.9. The van der Waals surface area contributed by atoms with Crippen LogP contribution in [0.5, 0.6) is 11.5 Å². The number of hydrogen-bond acceptors (Lipinski definition) is 5. The number of benzene rings is 2. The van der Waals surface area contributed by atoms with Crippen LogP contribution in [0.1, 0.15) is 18.5 Å². The fraction of sp³-hybridized carbons (Fsp3) is 0.273. The molecule has 0 saturated carbocycles. The summed E-state index contributed by atoms with van der Waals surface area (Å²) >= 11 is 12.4. The van der Waals surface area contributed by atoms with E-state index in [4.69, 9.17) is 37.4 Å². The van der Waals surface area contributed by atoms with Gasteiger partial charge in [-0.2, -0.15) is 0 Å². The molecule has 2 aromatic carbocycles. The zero-order valence-corrected chi connectivity index (χ0v) is 18.8. The highest BCUT2D eigenvalue weighted by molar-refractivity contribution is 6.35. The number of rotatable bonds is 7. The number of urea groups is 1. The highest BCUT2D eigenvalue weighted by Gasteiger charge is 2.38. The van der Waals surface area contributed by atoms with Gasteiger partial charge in [-0.25, -0.2) is 9.59 Å². The Morgan fingerprint density at radius 3 is 2.52 bits per heavy atom. The molecule has 0 fully saturated rings. The van der Waals surface area contributed by atoms with E-state index in [2.05, 4.69) is 5.32 Å². The largest absolute Gasteiger partial charge is 0.493 e. The van der Waals surface area contributed by atoms with E-state index in [1.807, 2.05) is 6.07 Å². The molecule has 31 heavy (non-hydrogen) atoms. The Bertz CT molecular complexity index is 1020. The minimum atomic E-state index is -0.830. The molecule has 9 heteroatoms. The lowest BCUT2D eigenvalue weighted by atomic mass is 9.94. The van der Waals surface area contributed by atoms with Gasteiger partial charge in [-0.3, -0.25) is 4.90 Å². The van der Waals surface area contributed by atoms with Crippen LogP contribution in [0.4, 0.5) is 4.79 Å². The lowest BCUT2D eigenvalue weighted by Crippen LogP contribution is -2.48. The summed E-state index contributed by atoms with van der Waals surface area (Å²) in [7, 11) is 3.08. The van der Waals surface area contributed by atoms with Crippen molar-refractivity contribution < 1.29 is 23.8 Å². The molecule has 0 spiro atoms. The summed E-state index contributed by atoms with van der Waals surface area (Å²) in [6, 6.07) is 10.7. The monoisotopic (exact) mass is 464 g/mol. The molecule has 0 aromatic heterocycles. The molecular weight excluding hydrogens is 443 g/mol. The second kappa shape index (κ2) is 9.94. The van der Waals surface area contributed by atoms with Crippen LogP contribution in [0, 0.1) is 0 Å². The van der Waals surface area contributed by atoms with Gasteiger partial charge in [-0.1, -0.05) is 41.4 Å².